The fourth-order valence-corrected chi connectivity index (χ4v) is 4.63. The standard InChI is InChI=1S/C29H24N2O5/c1-4-25(32)36-30-22-14-15-35-29-20(28(22)34)11-13-24-26(29)21-16-18(10-12-23(21)31(24)5-2)27(33)19-9-7-6-8-17(19)3/h4,6-14,16,30H,1,5,15H2,2-3H3. The van der Waals surface area contributed by atoms with Crippen molar-refractivity contribution >= 4 is 39.3 Å². The molecule has 0 saturated carbocycles. The molecule has 36 heavy (non-hydrogen) atoms. The van der Waals surface area contributed by atoms with Crippen molar-refractivity contribution in [2.24, 2.45) is 0 Å². The highest BCUT2D eigenvalue weighted by Gasteiger charge is 2.26. The Hall–Kier alpha value is -4.65. The number of nitrogens with zero attached hydrogens (tertiary/aromatic N) is 1. The second kappa shape index (κ2) is 9.19. The van der Waals surface area contributed by atoms with Crippen molar-refractivity contribution in [3.8, 4) is 5.75 Å². The minimum atomic E-state index is -0.707. The van der Waals surface area contributed by atoms with E-state index < -0.39 is 5.97 Å². The normalized spacial score (nSPS) is 12.9. The smallest absolute Gasteiger partial charge is 0.355 e. The molecule has 0 radical (unpaired) electrons. The Morgan fingerprint density at radius 2 is 1.92 bits per heavy atom. The minimum absolute atomic E-state index is 0.0661. The first-order chi connectivity index (χ1) is 17.4. The van der Waals surface area contributed by atoms with Crippen LogP contribution in [-0.2, 0) is 16.2 Å². The Bertz CT molecular complexity index is 1610. The summed E-state index contributed by atoms with van der Waals surface area (Å²) in [4.78, 5) is 43.0. The molecular weight excluding hydrogens is 456 g/mol. The van der Waals surface area contributed by atoms with Crippen molar-refractivity contribution in [1.29, 1.82) is 0 Å². The van der Waals surface area contributed by atoms with E-state index in [1.54, 1.807) is 6.07 Å². The molecule has 4 aromatic rings. The number of rotatable bonds is 6. The van der Waals surface area contributed by atoms with Crippen LogP contribution in [0.25, 0.3) is 21.8 Å². The number of ketones is 2. The summed E-state index contributed by atoms with van der Waals surface area (Å²) >= 11 is 0. The topological polar surface area (TPSA) is 86.6 Å². The summed E-state index contributed by atoms with van der Waals surface area (Å²) in [5, 5.41) is 1.58. The predicted octanol–water partition coefficient (Wildman–Crippen LogP) is 5.05. The van der Waals surface area contributed by atoms with E-state index in [0.29, 0.717) is 29.0 Å². The molecule has 1 aliphatic heterocycles. The third-order valence-corrected chi connectivity index (χ3v) is 6.38. The SMILES string of the molecule is C=CC(=O)ONC1=CCOc2c(ccc3c2c2cc(C(=O)c4ccccc4C)ccc2n3CC)C1=O. The van der Waals surface area contributed by atoms with E-state index in [1.807, 2.05) is 62.4 Å². The number of fused-ring (bicyclic) bond motifs is 5. The summed E-state index contributed by atoms with van der Waals surface area (Å²) in [5.41, 5.74) is 6.79. The number of aromatic nitrogens is 1. The molecule has 0 spiro atoms. The number of aryl methyl sites for hydroxylation is 2. The number of allylic oxidation sites excluding steroid dienone is 1. The van der Waals surface area contributed by atoms with E-state index in [0.717, 1.165) is 33.4 Å². The van der Waals surface area contributed by atoms with Gasteiger partial charge in [0.05, 0.1) is 16.5 Å². The monoisotopic (exact) mass is 480 g/mol. The zero-order valence-corrected chi connectivity index (χ0v) is 20.0. The Morgan fingerprint density at radius 1 is 1.14 bits per heavy atom. The van der Waals surface area contributed by atoms with Crippen molar-refractivity contribution in [3.05, 3.63) is 101 Å². The van der Waals surface area contributed by atoms with E-state index in [4.69, 9.17) is 9.57 Å². The number of nitrogens with one attached hydrogen (secondary N) is 1. The van der Waals surface area contributed by atoms with Crippen molar-refractivity contribution in [1.82, 2.24) is 10.0 Å². The van der Waals surface area contributed by atoms with Gasteiger partial charge in [-0.2, -0.15) is 0 Å². The number of hydroxylamine groups is 1. The summed E-state index contributed by atoms with van der Waals surface area (Å²) < 4.78 is 8.20. The van der Waals surface area contributed by atoms with Crippen LogP contribution in [0, 0.1) is 6.92 Å². The Balaban J connectivity index is 1.67. The van der Waals surface area contributed by atoms with Gasteiger partial charge in [-0.25, -0.2) is 10.3 Å². The van der Waals surface area contributed by atoms with Gasteiger partial charge in [-0.15, -0.1) is 0 Å². The highest BCUT2D eigenvalue weighted by atomic mass is 16.7. The van der Waals surface area contributed by atoms with E-state index in [9.17, 15) is 14.4 Å². The van der Waals surface area contributed by atoms with Gasteiger partial charge in [0.2, 0.25) is 5.78 Å². The van der Waals surface area contributed by atoms with Gasteiger partial charge in [-0.05, 0) is 55.8 Å². The first kappa shape index (κ1) is 23.1. The molecular formula is C29H24N2O5. The van der Waals surface area contributed by atoms with Gasteiger partial charge in [-0.3, -0.25) is 9.59 Å². The molecule has 7 nitrogen and oxygen atoms in total. The predicted molar refractivity (Wildman–Crippen MR) is 137 cm³/mol. The van der Waals surface area contributed by atoms with Gasteiger partial charge in [0.15, 0.2) is 5.78 Å². The fourth-order valence-electron chi connectivity index (χ4n) is 4.63. The van der Waals surface area contributed by atoms with E-state index in [-0.39, 0.29) is 23.9 Å². The third-order valence-electron chi connectivity index (χ3n) is 6.38. The molecule has 3 aromatic carbocycles. The third kappa shape index (κ3) is 3.75. The van der Waals surface area contributed by atoms with E-state index >= 15 is 0 Å². The van der Waals surface area contributed by atoms with Crippen molar-refractivity contribution in [3.63, 3.8) is 0 Å². The molecule has 7 heteroatoms. The second-order valence-corrected chi connectivity index (χ2v) is 8.44. The van der Waals surface area contributed by atoms with Gasteiger partial charge in [0.25, 0.3) is 0 Å². The maximum atomic E-state index is 13.4. The van der Waals surface area contributed by atoms with E-state index in [1.165, 1.54) is 6.08 Å². The number of hydrogen-bond acceptors (Lipinski definition) is 6. The second-order valence-electron chi connectivity index (χ2n) is 8.44. The Labute approximate surface area is 207 Å². The Morgan fingerprint density at radius 3 is 2.67 bits per heavy atom. The van der Waals surface area contributed by atoms with Gasteiger partial charge in [0.1, 0.15) is 18.1 Å². The van der Waals surface area contributed by atoms with Crippen LogP contribution < -0.4 is 10.2 Å². The molecule has 1 aromatic heterocycles. The summed E-state index contributed by atoms with van der Waals surface area (Å²) in [5.74, 6) is -0.714. The number of ether oxygens (including phenoxy) is 1. The molecule has 0 aliphatic carbocycles. The lowest BCUT2D eigenvalue weighted by Crippen LogP contribution is -2.23. The first-order valence-corrected chi connectivity index (χ1v) is 11.6. The summed E-state index contributed by atoms with van der Waals surface area (Å²) in [7, 11) is 0. The quantitative estimate of drug-likeness (QED) is 0.236. The molecule has 5 rings (SSSR count). The highest BCUT2D eigenvalue weighted by molar-refractivity contribution is 6.20. The van der Waals surface area contributed by atoms with Crippen LogP contribution in [0.5, 0.6) is 5.75 Å². The lowest BCUT2D eigenvalue weighted by atomic mass is 9.97. The molecule has 0 fully saturated rings. The minimum Gasteiger partial charge on any atom is -0.488 e. The van der Waals surface area contributed by atoms with Crippen LogP contribution in [0.4, 0.5) is 0 Å². The summed E-state index contributed by atoms with van der Waals surface area (Å²) in [6.45, 7) is 8.09. The molecule has 0 bridgehead atoms. The van der Waals surface area contributed by atoms with Crippen LogP contribution in [-0.4, -0.2) is 28.7 Å². The molecule has 1 aliphatic rings. The molecule has 0 atom stereocenters. The number of carbonyl (C=O) groups excluding carboxylic acids is 3. The maximum absolute atomic E-state index is 13.4. The zero-order chi connectivity index (χ0) is 25.4. The van der Waals surface area contributed by atoms with Gasteiger partial charge in [-0.1, -0.05) is 30.8 Å². The largest absolute Gasteiger partial charge is 0.488 e. The van der Waals surface area contributed by atoms with Crippen molar-refractivity contribution < 1.29 is 24.0 Å². The van der Waals surface area contributed by atoms with Crippen LogP contribution in [0.15, 0.2) is 79.0 Å². The average molecular weight is 481 g/mol. The van der Waals surface area contributed by atoms with Gasteiger partial charge < -0.3 is 14.1 Å². The number of carbonyl (C=O) groups is 3. The average Bonchev–Trinajstić information content (AvgIpc) is 3.13. The van der Waals surface area contributed by atoms with Gasteiger partial charge >= 0.3 is 5.97 Å². The Kier molecular flexibility index (Phi) is 5.90. The lowest BCUT2D eigenvalue weighted by Gasteiger charge is -2.10. The number of Topliss-reactive ketones (excluding diaryl/α,β-unsaturated/α-hetero) is 1. The van der Waals surface area contributed by atoms with Crippen LogP contribution in [0.3, 0.4) is 0 Å². The zero-order valence-electron chi connectivity index (χ0n) is 20.0. The van der Waals surface area contributed by atoms with Crippen molar-refractivity contribution in [2.75, 3.05) is 6.61 Å². The van der Waals surface area contributed by atoms with Gasteiger partial charge in [0, 0.05) is 34.7 Å². The summed E-state index contributed by atoms with van der Waals surface area (Å²) in [6, 6.07) is 16.7. The number of hydrogen-bond donors (Lipinski definition) is 1. The molecule has 2 heterocycles. The maximum Gasteiger partial charge on any atom is 0.355 e. The van der Waals surface area contributed by atoms with Crippen LogP contribution in [0.2, 0.25) is 0 Å². The highest BCUT2D eigenvalue weighted by Crippen LogP contribution is 2.40. The molecule has 1 N–H and O–H groups in total. The fraction of sp³-hybridized carbons (Fsp3) is 0.138. The van der Waals surface area contributed by atoms with Crippen LogP contribution in [0.1, 0.15) is 38.8 Å². The molecule has 180 valence electrons. The van der Waals surface area contributed by atoms with Crippen LogP contribution >= 0.6 is 0 Å². The van der Waals surface area contributed by atoms with E-state index in [2.05, 4.69) is 16.6 Å². The molecule has 0 unspecified atom stereocenters. The lowest BCUT2D eigenvalue weighted by molar-refractivity contribution is -0.143. The molecule has 0 amide bonds. The first-order valence-electron chi connectivity index (χ1n) is 11.6. The molecule has 0 saturated heterocycles. The van der Waals surface area contributed by atoms with Crippen molar-refractivity contribution in [2.45, 2.75) is 20.4 Å². The number of benzene rings is 3. The summed E-state index contributed by atoms with van der Waals surface area (Å²) in [6.07, 6.45) is 2.52.